The fourth-order valence-corrected chi connectivity index (χ4v) is 1.74. The van der Waals surface area contributed by atoms with E-state index in [9.17, 15) is 4.79 Å². The topological polar surface area (TPSA) is 56.1 Å². The molecular formula is C11H18BrN3O2. The number of hydrogen-bond acceptors (Lipinski definition) is 4. The molecule has 1 heterocycles. The van der Waals surface area contributed by atoms with Crippen LogP contribution in [0.5, 0.6) is 0 Å². The third kappa shape index (κ3) is 3.81. The minimum Gasteiger partial charge on any atom is -0.380 e. The number of aromatic nitrogens is 2. The highest BCUT2D eigenvalue weighted by molar-refractivity contribution is 9.10. The molecule has 0 aliphatic heterocycles. The van der Waals surface area contributed by atoms with Crippen LogP contribution in [0.2, 0.25) is 0 Å². The second-order valence-electron chi connectivity index (χ2n) is 3.83. The van der Waals surface area contributed by atoms with Crippen LogP contribution in [0.4, 0.5) is 5.69 Å². The summed E-state index contributed by atoms with van der Waals surface area (Å²) in [6.07, 6.45) is 2.62. The number of nitrogens with one attached hydrogen (secondary N) is 1. The molecule has 1 unspecified atom stereocenters. The highest BCUT2D eigenvalue weighted by atomic mass is 79.9. The monoisotopic (exact) mass is 303 g/mol. The van der Waals surface area contributed by atoms with Crippen molar-refractivity contribution in [3.63, 3.8) is 0 Å². The lowest BCUT2D eigenvalue weighted by Crippen LogP contribution is -2.26. The van der Waals surface area contributed by atoms with E-state index in [1.807, 2.05) is 13.8 Å². The van der Waals surface area contributed by atoms with Gasteiger partial charge in [0.15, 0.2) is 0 Å². The Morgan fingerprint density at radius 2 is 2.35 bits per heavy atom. The van der Waals surface area contributed by atoms with Gasteiger partial charge in [-0.15, -0.1) is 0 Å². The van der Waals surface area contributed by atoms with Crippen LogP contribution in [0.15, 0.2) is 15.5 Å². The minimum absolute atomic E-state index is 0.0833. The van der Waals surface area contributed by atoms with Gasteiger partial charge in [-0.25, -0.2) is 4.68 Å². The summed E-state index contributed by atoms with van der Waals surface area (Å²) in [5.74, 6) is 0. The van der Waals surface area contributed by atoms with Crippen molar-refractivity contribution >= 4 is 21.6 Å². The average molecular weight is 304 g/mol. The van der Waals surface area contributed by atoms with Gasteiger partial charge in [0, 0.05) is 20.2 Å². The Bertz CT molecular complexity index is 420. The molecule has 0 bridgehead atoms. The SMILES string of the molecule is CCCn1ncc(NCC(C)OC)c(Br)c1=O. The van der Waals surface area contributed by atoms with Crippen LogP contribution in [0.25, 0.3) is 0 Å². The second kappa shape index (κ2) is 6.76. The van der Waals surface area contributed by atoms with E-state index in [1.165, 1.54) is 4.68 Å². The zero-order valence-electron chi connectivity index (χ0n) is 10.4. The second-order valence-corrected chi connectivity index (χ2v) is 4.62. The highest BCUT2D eigenvalue weighted by Crippen LogP contribution is 2.16. The number of anilines is 1. The third-order valence-electron chi connectivity index (χ3n) is 2.40. The molecule has 1 N–H and O–H groups in total. The molecule has 0 aliphatic rings. The zero-order chi connectivity index (χ0) is 12.8. The summed E-state index contributed by atoms with van der Waals surface area (Å²) in [5.41, 5.74) is 0.591. The maximum atomic E-state index is 11.9. The molecule has 1 aromatic rings. The molecule has 0 fully saturated rings. The normalized spacial score (nSPS) is 12.5. The first-order chi connectivity index (χ1) is 8.10. The van der Waals surface area contributed by atoms with Crippen molar-refractivity contribution in [3.8, 4) is 0 Å². The third-order valence-corrected chi connectivity index (χ3v) is 3.17. The van der Waals surface area contributed by atoms with Gasteiger partial charge in [-0.2, -0.15) is 5.10 Å². The Morgan fingerprint density at radius 1 is 1.65 bits per heavy atom. The fraction of sp³-hybridized carbons (Fsp3) is 0.636. The van der Waals surface area contributed by atoms with E-state index in [4.69, 9.17) is 4.74 Å². The first-order valence-corrected chi connectivity index (χ1v) is 6.41. The van der Waals surface area contributed by atoms with Crippen LogP contribution in [0.3, 0.4) is 0 Å². The lowest BCUT2D eigenvalue weighted by Gasteiger charge is -2.13. The maximum absolute atomic E-state index is 11.9. The summed E-state index contributed by atoms with van der Waals surface area (Å²) in [6.45, 7) is 5.22. The minimum atomic E-state index is -0.109. The Labute approximate surface area is 109 Å². The van der Waals surface area contributed by atoms with Gasteiger partial charge in [0.05, 0.1) is 18.0 Å². The Kier molecular flexibility index (Phi) is 5.64. The maximum Gasteiger partial charge on any atom is 0.283 e. The summed E-state index contributed by atoms with van der Waals surface area (Å²) in [6, 6.07) is 0. The fourth-order valence-electron chi connectivity index (χ4n) is 1.30. The molecule has 0 aliphatic carbocycles. The quantitative estimate of drug-likeness (QED) is 0.871. The van der Waals surface area contributed by atoms with E-state index in [1.54, 1.807) is 13.3 Å². The van der Waals surface area contributed by atoms with Crippen molar-refractivity contribution in [2.45, 2.75) is 32.9 Å². The van der Waals surface area contributed by atoms with Gasteiger partial charge in [-0.3, -0.25) is 4.79 Å². The van der Waals surface area contributed by atoms with Crippen molar-refractivity contribution in [3.05, 3.63) is 21.0 Å². The van der Waals surface area contributed by atoms with Crippen molar-refractivity contribution in [2.24, 2.45) is 0 Å². The molecule has 1 rings (SSSR count). The average Bonchev–Trinajstić information content (AvgIpc) is 2.34. The largest absolute Gasteiger partial charge is 0.380 e. The van der Waals surface area contributed by atoms with Crippen LogP contribution < -0.4 is 10.9 Å². The summed E-state index contributed by atoms with van der Waals surface area (Å²) in [4.78, 5) is 11.9. The molecule has 0 radical (unpaired) electrons. The van der Waals surface area contributed by atoms with Gasteiger partial charge >= 0.3 is 0 Å². The Morgan fingerprint density at radius 3 is 2.94 bits per heavy atom. The summed E-state index contributed by atoms with van der Waals surface area (Å²) < 4.78 is 7.09. The van der Waals surface area contributed by atoms with E-state index in [2.05, 4.69) is 26.3 Å². The molecule has 1 aromatic heterocycles. The molecule has 0 spiro atoms. The van der Waals surface area contributed by atoms with E-state index in [0.29, 0.717) is 23.2 Å². The molecule has 1 atom stereocenters. The first kappa shape index (κ1) is 14.2. The lowest BCUT2D eigenvalue weighted by atomic mass is 10.3. The first-order valence-electron chi connectivity index (χ1n) is 5.62. The van der Waals surface area contributed by atoms with Crippen LogP contribution in [-0.4, -0.2) is 29.5 Å². The van der Waals surface area contributed by atoms with Crippen LogP contribution in [0.1, 0.15) is 20.3 Å². The van der Waals surface area contributed by atoms with Crippen LogP contribution in [-0.2, 0) is 11.3 Å². The van der Waals surface area contributed by atoms with Gasteiger partial charge in [0.1, 0.15) is 4.47 Å². The number of halogens is 1. The number of nitrogens with zero attached hydrogens (tertiary/aromatic N) is 2. The lowest BCUT2D eigenvalue weighted by molar-refractivity contribution is 0.129. The predicted octanol–water partition coefficient (Wildman–Crippen LogP) is 1.86. The van der Waals surface area contributed by atoms with Gasteiger partial charge < -0.3 is 10.1 Å². The molecule has 17 heavy (non-hydrogen) atoms. The van der Waals surface area contributed by atoms with E-state index < -0.39 is 0 Å². The highest BCUT2D eigenvalue weighted by Gasteiger charge is 2.09. The Hall–Kier alpha value is -0.880. The molecule has 6 heteroatoms. The van der Waals surface area contributed by atoms with Crippen molar-refractivity contribution < 1.29 is 4.74 Å². The van der Waals surface area contributed by atoms with Gasteiger partial charge in [-0.1, -0.05) is 6.92 Å². The molecule has 5 nitrogen and oxygen atoms in total. The van der Waals surface area contributed by atoms with Crippen molar-refractivity contribution in [1.29, 1.82) is 0 Å². The number of rotatable bonds is 6. The number of hydrogen-bond donors (Lipinski definition) is 1. The molecule has 0 saturated heterocycles. The van der Waals surface area contributed by atoms with E-state index in [0.717, 1.165) is 6.42 Å². The van der Waals surface area contributed by atoms with Crippen molar-refractivity contribution in [2.75, 3.05) is 19.0 Å². The van der Waals surface area contributed by atoms with E-state index >= 15 is 0 Å². The standard InChI is InChI=1S/C11H18BrN3O2/c1-4-5-15-11(16)10(12)9(7-14-15)13-6-8(2)17-3/h7-8,13H,4-6H2,1-3H3. The van der Waals surface area contributed by atoms with Crippen LogP contribution in [0, 0.1) is 0 Å². The molecule has 96 valence electrons. The smallest absolute Gasteiger partial charge is 0.283 e. The number of ether oxygens (including phenoxy) is 1. The summed E-state index contributed by atoms with van der Waals surface area (Å²) in [5, 5.41) is 7.23. The Balaban J connectivity index is 2.82. The predicted molar refractivity (Wildman–Crippen MR) is 71.4 cm³/mol. The van der Waals surface area contributed by atoms with Gasteiger partial charge in [-0.05, 0) is 29.3 Å². The molecular weight excluding hydrogens is 286 g/mol. The number of aryl methyl sites for hydroxylation is 1. The molecule has 0 aromatic carbocycles. The summed E-state index contributed by atoms with van der Waals surface area (Å²) >= 11 is 3.30. The molecule has 0 saturated carbocycles. The number of methoxy groups -OCH3 is 1. The van der Waals surface area contributed by atoms with Gasteiger partial charge in [0.2, 0.25) is 0 Å². The van der Waals surface area contributed by atoms with Crippen molar-refractivity contribution in [1.82, 2.24) is 9.78 Å². The van der Waals surface area contributed by atoms with Crippen LogP contribution >= 0.6 is 15.9 Å². The van der Waals surface area contributed by atoms with Gasteiger partial charge in [0.25, 0.3) is 5.56 Å². The van der Waals surface area contributed by atoms with E-state index in [-0.39, 0.29) is 11.7 Å². The zero-order valence-corrected chi connectivity index (χ0v) is 12.0. The summed E-state index contributed by atoms with van der Waals surface area (Å²) in [7, 11) is 1.65. The molecule has 0 amide bonds.